The number of carbonyl (C=O) groups excluding carboxylic acids is 1. The van der Waals surface area contributed by atoms with Crippen LogP contribution in [0.3, 0.4) is 0 Å². The third kappa shape index (κ3) is 11.8. The first-order valence-corrected chi connectivity index (χ1v) is 8.62. The first-order valence-electron chi connectivity index (χ1n) is 8.62. The van der Waals surface area contributed by atoms with Crippen molar-refractivity contribution in [1.29, 1.82) is 0 Å². The van der Waals surface area contributed by atoms with E-state index in [4.69, 9.17) is 9.84 Å². The zero-order chi connectivity index (χ0) is 20.2. The van der Waals surface area contributed by atoms with Gasteiger partial charge in [0.2, 0.25) is 0 Å². The Hall–Kier alpha value is -2.65. The third-order valence-corrected chi connectivity index (χ3v) is 2.93. The van der Waals surface area contributed by atoms with Gasteiger partial charge in [0.05, 0.1) is 0 Å². The summed E-state index contributed by atoms with van der Waals surface area (Å²) in [6.07, 6.45) is 6.43. The number of rotatable bonds is 5. The van der Waals surface area contributed by atoms with Crippen molar-refractivity contribution in [2.24, 2.45) is 0 Å². The van der Waals surface area contributed by atoms with Crippen LogP contribution in [-0.2, 0) is 6.61 Å². The van der Waals surface area contributed by atoms with Gasteiger partial charge < -0.3 is 9.84 Å². The molecule has 142 valence electrons. The summed E-state index contributed by atoms with van der Waals surface area (Å²) in [7, 11) is 1.00. The van der Waals surface area contributed by atoms with Crippen molar-refractivity contribution in [2.45, 2.75) is 34.3 Å². The summed E-state index contributed by atoms with van der Waals surface area (Å²) in [6.45, 7) is 11.9. The number of hydrogen-bond acceptors (Lipinski definition) is 3. The minimum atomic E-state index is 0.415. The number of ether oxygens (including phenoxy) is 1. The van der Waals surface area contributed by atoms with Gasteiger partial charge in [0.15, 0.2) is 0 Å². The first-order chi connectivity index (χ1) is 12.7. The molecule has 1 N–H and O–H groups in total. The van der Waals surface area contributed by atoms with Crippen molar-refractivity contribution in [2.75, 3.05) is 7.11 Å². The van der Waals surface area contributed by atoms with E-state index in [1.165, 1.54) is 5.56 Å². The van der Waals surface area contributed by atoms with E-state index >= 15 is 0 Å². The number of aldehydes is 1. The lowest BCUT2D eigenvalue weighted by molar-refractivity contribution is 0.112. The minimum absolute atomic E-state index is 0.415. The second kappa shape index (κ2) is 18.7. The summed E-state index contributed by atoms with van der Waals surface area (Å²) < 4.78 is 5.63. The predicted octanol–water partition coefficient (Wildman–Crippen LogP) is 5.77. The molecule has 0 aliphatic rings. The molecule has 0 spiro atoms. The molecule has 0 saturated heterocycles. The molecule has 0 bridgehead atoms. The number of aliphatic hydroxyl groups is 1. The van der Waals surface area contributed by atoms with Gasteiger partial charge in [0.1, 0.15) is 18.6 Å². The number of benzene rings is 2. The SMILES string of the molecule is C=C/C=C\C.CC.CO.Cc1ccc(OCc2ccccc2C=O)cc1. The van der Waals surface area contributed by atoms with Gasteiger partial charge >= 0.3 is 0 Å². The van der Waals surface area contributed by atoms with E-state index in [2.05, 4.69) is 6.58 Å². The fraction of sp³-hybridized carbons (Fsp3) is 0.261. The zero-order valence-electron chi connectivity index (χ0n) is 16.6. The van der Waals surface area contributed by atoms with Crippen molar-refractivity contribution < 1.29 is 14.6 Å². The fourth-order valence-electron chi connectivity index (χ4n) is 1.71. The van der Waals surface area contributed by atoms with Gasteiger partial charge in [0.25, 0.3) is 0 Å². The van der Waals surface area contributed by atoms with Crippen LogP contribution in [0.4, 0.5) is 0 Å². The summed E-state index contributed by atoms with van der Waals surface area (Å²) >= 11 is 0. The number of aliphatic hydroxyl groups excluding tert-OH is 1. The smallest absolute Gasteiger partial charge is 0.150 e. The Balaban J connectivity index is 0. The molecule has 0 unspecified atom stereocenters. The van der Waals surface area contributed by atoms with Gasteiger partial charge in [-0.15, -0.1) is 0 Å². The molecule has 2 aromatic rings. The largest absolute Gasteiger partial charge is 0.489 e. The number of hydrogen-bond donors (Lipinski definition) is 1. The molecule has 0 fully saturated rings. The van der Waals surface area contributed by atoms with Gasteiger partial charge in [-0.3, -0.25) is 4.79 Å². The molecule has 0 amide bonds. The van der Waals surface area contributed by atoms with Crippen LogP contribution < -0.4 is 4.74 Å². The fourth-order valence-corrected chi connectivity index (χ4v) is 1.71. The molecule has 2 aromatic carbocycles. The lowest BCUT2D eigenvalue weighted by Crippen LogP contribution is -1.99. The monoisotopic (exact) mass is 356 g/mol. The molecular weight excluding hydrogens is 324 g/mol. The zero-order valence-corrected chi connectivity index (χ0v) is 16.6. The van der Waals surface area contributed by atoms with Crippen LogP contribution in [0.5, 0.6) is 5.75 Å². The number of allylic oxidation sites excluding steroid dienone is 3. The molecule has 3 heteroatoms. The molecular formula is C23H32O3. The Bertz CT molecular complexity index is 614. The Morgan fingerprint density at radius 3 is 2.08 bits per heavy atom. The van der Waals surface area contributed by atoms with Crippen molar-refractivity contribution >= 4 is 6.29 Å². The maximum atomic E-state index is 10.8. The molecule has 0 aromatic heterocycles. The highest BCUT2D eigenvalue weighted by molar-refractivity contribution is 5.77. The highest BCUT2D eigenvalue weighted by atomic mass is 16.5. The van der Waals surface area contributed by atoms with Crippen molar-refractivity contribution in [3.8, 4) is 5.75 Å². The molecule has 0 saturated carbocycles. The minimum Gasteiger partial charge on any atom is -0.489 e. The van der Waals surface area contributed by atoms with Gasteiger partial charge in [-0.05, 0) is 31.5 Å². The van der Waals surface area contributed by atoms with Crippen LogP contribution in [0.1, 0.15) is 42.3 Å². The quantitative estimate of drug-likeness (QED) is 0.546. The number of aryl methyl sites for hydroxylation is 1. The van der Waals surface area contributed by atoms with E-state index in [0.29, 0.717) is 12.2 Å². The Kier molecular flexibility index (Phi) is 18.4. The maximum Gasteiger partial charge on any atom is 0.150 e. The van der Waals surface area contributed by atoms with Gasteiger partial charge in [0, 0.05) is 12.7 Å². The average molecular weight is 357 g/mol. The maximum absolute atomic E-state index is 10.8. The average Bonchev–Trinajstić information content (AvgIpc) is 2.72. The van der Waals surface area contributed by atoms with Gasteiger partial charge in [-0.25, -0.2) is 0 Å². The van der Waals surface area contributed by atoms with E-state index in [9.17, 15) is 4.79 Å². The topological polar surface area (TPSA) is 46.5 Å². The van der Waals surface area contributed by atoms with Crippen molar-refractivity contribution in [3.05, 3.63) is 90.0 Å². The number of carbonyl (C=O) groups is 1. The summed E-state index contributed by atoms with van der Waals surface area (Å²) in [5, 5.41) is 7.00. The molecule has 3 nitrogen and oxygen atoms in total. The van der Waals surface area contributed by atoms with E-state index in [1.807, 2.05) is 82.3 Å². The molecule has 26 heavy (non-hydrogen) atoms. The van der Waals surface area contributed by atoms with E-state index in [0.717, 1.165) is 24.7 Å². The normalized spacial score (nSPS) is 8.69. The Labute approximate surface area is 158 Å². The van der Waals surface area contributed by atoms with E-state index in [-0.39, 0.29) is 0 Å². The van der Waals surface area contributed by atoms with Crippen LogP contribution in [0.2, 0.25) is 0 Å². The summed E-state index contributed by atoms with van der Waals surface area (Å²) in [5.41, 5.74) is 2.79. The van der Waals surface area contributed by atoms with Crippen LogP contribution in [-0.4, -0.2) is 18.5 Å². The highest BCUT2D eigenvalue weighted by Gasteiger charge is 2.01. The molecule has 0 atom stereocenters. The third-order valence-electron chi connectivity index (χ3n) is 2.93. The Morgan fingerprint density at radius 2 is 1.62 bits per heavy atom. The Morgan fingerprint density at radius 1 is 1.04 bits per heavy atom. The molecule has 0 aliphatic heterocycles. The van der Waals surface area contributed by atoms with Gasteiger partial charge in [-0.1, -0.05) is 80.6 Å². The van der Waals surface area contributed by atoms with Crippen LogP contribution >= 0.6 is 0 Å². The van der Waals surface area contributed by atoms with Crippen LogP contribution in [0, 0.1) is 6.92 Å². The lowest BCUT2D eigenvalue weighted by atomic mass is 10.1. The van der Waals surface area contributed by atoms with Crippen LogP contribution in [0.15, 0.2) is 73.3 Å². The molecule has 2 rings (SSSR count). The van der Waals surface area contributed by atoms with E-state index in [1.54, 1.807) is 12.1 Å². The summed E-state index contributed by atoms with van der Waals surface area (Å²) in [6, 6.07) is 15.3. The van der Waals surface area contributed by atoms with Crippen LogP contribution in [0.25, 0.3) is 0 Å². The summed E-state index contributed by atoms with van der Waals surface area (Å²) in [4.78, 5) is 10.8. The van der Waals surface area contributed by atoms with Crippen molar-refractivity contribution in [1.82, 2.24) is 0 Å². The molecule has 0 radical (unpaired) electrons. The first kappa shape index (κ1) is 25.6. The molecule has 0 heterocycles. The highest BCUT2D eigenvalue weighted by Crippen LogP contribution is 2.15. The molecule has 0 aliphatic carbocycles. The second-order valence-corrected chi connectivity index (χ2v) is 4.68. The predicted molar refractivity (Wildman–Crippen MR) is 112 cm³/mol. The standard InChI is InChI=1S/C15H14O2.C5H8.C2H6.CH4O/c1-12-6-8-15(9-7-12)17-11-14-5-3-2-4-13(14)10-16;1-3-5-4-2;2*1-2/h2-10H,11H2,1H3;3-5H,1H2,2H3;1-2H3;2H,1H3/b;5-4-;;. The van der Waals surface area contributed by atoms with Crippen molar-refractivity contribution in [3.63, 3.8) is 0 Å². The summed E-state index contributed by atoms with van der Waals surface area (Å²) in [5.74, 6) is 0.816. The van der Waals surface area contributed by atoms with E-state index < -0.39 is 0 Å². The lowest BCUT2D eigenvalue weighted by Gasteiger charge is -2.08. The second-order valence-electron chi connectivity index (χ2n) is 4.68. The van der Waals surface area contributed by atoms with Gasteiger partial charge in [-0.2, -0.15) is 0 Å².